The summed E-state index contributed by atoms with van der Waals surface area (Å²) in [7, 11) is 0. The molecule has 128 valence electrons. The van der Waals surface area contributed by atoms with Crippen LogP contribution in [0.2, 0.25) is 0 Å². The lowest BCUT2D eigenvalue weighted by Gasteiger charge is -2.23. The lowest BCUT2D eigenvalue weighted by atomic mass is 10.1. The van der Waals surface area contributed by atoms with Gasteiger partial charge in [0.15, 0.2) is 0 Å². The molecule has 0 atom stereocenters. The first kappa shape index (κ1) is 18.8. The van der Waals surface area contributed by atoms with Gasteiger partial charge in [0.05, 0.1) is 4.91 Å². The SMILES string of the molecule is O=C1/C(=C/N(C(=O)C(Cl)(Cl)Cl)c2ccc(Br)cc2)Sc2ccccc21. The summed E-state index contributed by atoms with van der Waals surface area (Å²) in [6, 6.07) is 14.1. The fourth-order valence-electron chi connectivity index (χ4n) is 2.23. The quantitative estimate of drug-likeness (QED) is 0.394. The molecule has 0 unspecified atom stereocenters. The van der Waals surface area contributed by atoms with E-state index >= 15 is 0 Å². The Morgan fingerprint density at radius 2 is 1.72 bits per heavy atom. The molecule has 0 aromatic heterocycles. The van der Waals surface area contributed by atoms with E-state index < -0.39 is 9.70 Å². The number of rotatable bonds is 2. The maximum Gasteiger partial charge on any atom is 0.283 e. The summed E-state index contributed by atoms with van der Waals surface area (Å²) in [5.41, 5.74) is 1.08. The molecule has 0 fully saturated rings. The zero-order valence-corrected chi connectivity index (χ0v) is 17.1. The Bertz CT molecular complexity index is 878. The Morgan fingerprint density at radius 1 is 1.08 bits per heavy atom. The summed E-state index contributed by atoms with van der Waals surface area (Å²) >= 11 is 22.0. The van der Waals surface area contributed by atoms with Gasteiger partial charge in [0, 0.05) is 26.8 Å². The molecule has 0 radical (unpaired) electrons. The number of fused-ring (bicyclic) bond motifs is 1. The number of nitrogens with zero attached hydrogens (tertiary/aromatic N) is 1. The molecule has 0 aliphatic carbocycles. The van der Waals surface area contributed by atoms with Crippen LogP contribution in [0.15, 0.2) is 69.0 Å². The topological polar surface area (TPSA) is 37.4 Å². The maximum absolute atomic E-state index is 12.6. The number of halogens is 4. The van der Waals surface area contributed by atoms with Crippen LogP contribution in [0.3, 0.4) is 0 Å². The Balaban J connectivity index is 2.03. The van der Waals surface area contributed by atoms with Gasteiger partial charge < -0.3 is 0 Å². The molecule has 25 heavy (non-hydrogen) atoms. The number of hydrogen-bond acceptors (Lipinski definition) is 3. The number of anilines is 1. The van der Waals surface area contributed by atoms with E-state index in [0.717, 1.165) is 9.37 Å². The van der Waals surface area contributed by atoms with Crippen molar-refractivity contribution >= 4 is 79.9 Å². The molecular formula is C17H9BrCl3NO2S. The van der Waals surface area contributed by atoms with Crippen molar-refractivity contribution in [3.05, 3.63) is 69.7 Å². The number of carbonyl (C=O) groups is 2. The average Bonchev–Trinajstić information content (AvgIpc) is 2.88. The van der Waals surface area contributed by atoms with Crippen LogP contribution in [-0.2, 0) is 4.79 Å². The van der Waals surface area contributed by atoms with Gasteiger partial charge in [0.25, 0.3) is 9.70 Å². The van der Waals surface area contributed by atoms with Crippen molar-refractivity contribution in [3.8, 4) is 0 Å². The average molecular weight is 478 g/mol. The number of alkyl halides is 3. The van der Waals surface area contributed by atoms with Crippen LogP contribution in [0.4, 0.5) is 5.69 Å². The van der Waals surface area contributed by atoms with Gasteiger partial charge in [0.1, 0.15) is 0 Å². The zero-order valence-electron chi connectivity index (χ0n) is 12.4. The van der Waals surface area contributed by atoms with Gasteiger partial charge in [-0.1, -0.05) is 74.6 Å². The lowest BCUT2D eigenvalue weighted by Crippen LogP contribution is -2.36. The minimum atomic E-state index is -2.15. The standard InChI is InChI=1S/C17H9BrCl3NO2S/c18-10-5-7-11(8-6-10)22(16(24)17(19,20)21)9-14-15(23)12-3-1-2-4-13(12)25-14/h1-9H/b14-9-. The Hall–Kier alpha value is -0.980. The maximum atomic E-state index is 12.6. The Labute approximate surface area is 172 Å². The highest BCUT2D eigenvalue weighted by molar-refractivity contribution is 9.10. The molecule has 1 heterocycles. The van der Waals surface area contributed by atoms with Gasteiger partial charge in [-0.25, -0.2) is 0 Å². The number of carbonyl (C=O) groups excluding carboxylic acids is 2. The molecule has 1 aliphatic rings. The molecule has 0 saturated heterocycles. The number of Topliss-reactive ketones (excluding diaryl/α,β-unsaturated/α-hetero) is 1. The molecule has 3 rings (SSSR count). The highest BCUT2D eigenvalue weighted by Gasteiger charge is 2.36. The number of benzene rings is 2. The van der Waals surface area contributed by atoms with Gasteiger partial charge in [-0.2, -0.15) is 0 Å². The van der Waals surface area contributed by atoms with Crippen LogP contribution in [0.25, 0.3) is 0 Å². The van der Waals surface area contributed by atoms with Gasteiger partial charge >= 0.3 is 0 Å². The van der Waals surface area contributed by atoms with Crippen molar-refractivity contribution in [2.24, 2.45) is 0 Å². The van der Waals surface area contributed by atoms with Gasteiger partial charge in [-0.3, -0.25) is 14.5 Å². The van der Waals surface area contributed by atoms with Crippen LogP contribution in [0.5, 0.6) is 0 Å². The largest absolute Gasteiger partial charge is 0.288 e. The molecule has 8 heteroatoms. The van der Waals surface area contributed by atoms with Gasteiger partial charge in [0.2, 0.25) is 5.78 Å². The summed E-state index contributed by atoms with van der Waals surface area (Å²) in [6.07, 6.45) is 1.42. The number of thioether (sulfide) groups is 1. The lowest BCUT2D eigenvalue weighted by molar-refractivity contribution is -0.117. The molecule has 2 aromatic rings. The van der Waals surface area contributed by atoms with E-state index in [2.05, 4.69) is 15.9 Å². The van der Waals surface area contributed by atoms with Crippen molar-refractivity contribution in [2.75, 3.05) is 4.90 Å². The first-order chi connectivity index (χ1) is 11.8. The van der Waals surface area contributed by atoms with E-state index in [1.807, 2.05) is 12.1 Å². The normalized spacial score (nSPS) is 15.4. The third-order valence-electron chi connectivity index (χ3n) is 3.39. The van der Waals surface area contributed by atoms with Crippen LogP contribution in [-0.4, -0.2) is 15.5 Å². The Morgan fingerprint density at radius 3 is 2.32 bits per heavy atom. The third-order valence-corrected chi connectivity index (χ3v) is 5.49. The predicted molar refractivity (Wildman–Crippen MR) is 107 cm³/mol. The summed E-state index contributed by atoms with van der Waals surface area (Å²) in [5.74, 6) is -0.934. The third kappa shape index (κ3) is 4.07. The summed E-state index contributed by atoms with van der Waals surface area (Å²) in [6.45, 7) is 0. The minimum Gasteiger partial charge on any atom is -0.288 e. The zero-order chi connectivity index (χ0) is 18.2. The van der Waals surface area contributed by atoms with E-state index in [1.165, 1.54) is 22.9 Å². The monoisotopic (exact) mass is 475 g/mol. The van der Waals surface area contributed by atoms with Crippen molar-refractivity contribution in [1.82, 2.24) is 0 Å². The second kappa shape index (κ2) is 7.33. The number of hydrogen-bond donors (Lipinski definition) is 0. The highest BCUT2D eigenvalue weighted by atomic mass is 79.9. The van der Waals surface area contributed by atoms with Crippen LogP contribution in [0, 0.1) is 0 Å². The van der Waals surface area contributed by atoms with Gasteiger partial charge in [-0.15, -0.1) is 0 Å². The molecule has 3 nitrogen and oxygen atoms in total. The van der Waals surface area contributed by atoms with Crippen molar-refractivity contribution in [1.29, 1.82) is 0 Å². The molecule has 1 amide bonds. The fraction of sp³-hybridized carbons (Fsp3) is 0.0588. The molecule has 0 spiro atoms. The van der Waals surface area contributed by atoms with Crippen molar-refractivity contribution in [3.63, 3.8) is 0 Å². The van der Waals surface area contributed by atoms with Crippen molar-refractivity contribution in [2.45, 2.75) is 8.69 Å². The number of allylic oxidation sites excluding steroid dienone is 1. The van der Waals surface area contributed by atoms with Crippen molar-refractivity contribution < 1.29 is 9.59 Å². The summed E-state index contributed by atoms with van der Waals surface area (Å²) in [5, 5.41) is 0. The second-order valence-electron chi connectivity index (χ2n) is 5.07. The van der Waals surface area contributed by atoms with Gasteiger partial charge in [-0.05, 0) is 36.4 Å². The number of ketones is 1. The van der Waals surface area contributed by atoms with E-state index in [4.69, 9.17) is 34.8 Å². The molecule has 2 aromatic carbocycles. The summed E-state index contributed by atoms with van der Waals surface area (Å²) in [4.78, 5) is 27.5. The van der Waals surface area contributed by atoms with E-state index in [0.29, 0.717) is 16.2 Å². The highest BCUT2D eigenvalue weighted by Crippen LogP contribution is 2.41. The minimum absolute atomic E-state index is 0.167. The molecule has 1 aliphatic heterocycles. The predicted octanol–water partition coefficient (Wildman–Crippen LogP) is 5.98. The smallest absolute Gasteiger partial charge is 0.283 e. The van der Waals surface area contributed by atoms with E-state index in [-0.39, 0.29) is 5.78 Å². The van der Waals surface area contributed by atoms with Crippen LogP contribution >= 0.6 is 62.5 Å². The molecular weight excluding hydrogens is 469 g/mol. The molecule has 0 N–H and O–H groups in total. The van der Waals surface area contributed by atoms with Crippen LogP contribution < -0.4 is 4.90 Å². The summed E-state index contributed by atoms with van der Waals surface area (Å²) < 4.78 is -1.31. The van der Waals surface area contributed by atoms with Crippen LogP contribution in [0.1, 0.15) is 10.4 Å². The van der Waals surface area contributed by atoms with E-state index in [1.54, 1.807) is 36.4 Å². The fourth-order valence-corrected chi connectivity index (χ4v) is 3.78. The molecule has 0 bridgehead atoms. The second-order valence-corrected chi connectivity index (χ2v) is 9.35. The molecule has 0 saturated carbocycles. The first-order valence-corrected chi connectivity index (χ1v) is 9.71. The number of amides is 1. The Kier molecular flexibility index (Phi) is 5.51. The van der Waals surface area contributed by atoms with E-state index in [9.17, 15) is 9.59 Å². The first-order valence-electron chi connectivity index (χ1n) is 6.97.